The monoisotopic (exact) mass is 325 g/mol. The van der Waals surface area contributed by atoms with Crippen LogP contribution >= 0.6 is 0 Å². The first-order valence-corrected chi connectivity index (χ1v) is 7.72. The van der Waals surface area contributed by atoms with Crippen LogP contribution in [0.3, 0.4) is 0 Å². The van der Waals surface area contributed by atoms with Crippen molar-refractivity contribution in [2.45, 2.75) is 25.8 Å². The number of carbonyl (C=O) groups is 2. The molecular weight excluding hydrogens is 304 g/mol. The third-order valence-electron chi connectivity index (χ3n) is 3.89. The van der Waals surface area contributed by atoms with Crippen molar-refractivity contribution in [1.82, 2.24) is 16.0 Å². The lowest BCUT2D eigenvalue weighted by Gasteiger charge is -2.27. The first-order chi connectivity index (χ1) is 11.0. The van der Waals surface area contributed by atoms with Crippen LogP contribution in [-0.2, 0) is 4.79 Å². The highest BCUT2D eigenvalue weighted by Gasteiger charge is 2.24. The molecule has 1 aromatic rings. The Hall–Kier alpha value is -2.02. The Morgan fingerprint density at radius 3 is 2.52 bits per heavy atom. The van der Waals surface area contributed by atoms with Gasteiger partial charge in [0.05, 0.1) is 0 Å². The summed E-state index contributed by atoms with van der Waals surface area (Å²) >= 11 is 0. The molecule has 1 aliphatic rings. The number of halogens is 2. The van der Waals surface area contributed by atoms with Crippen molar-refractivity contribution in [1.29, 1.82) is 0 Å². The van der Waals surface area contributed by atoms with E-state index in [0.29, 0.717) is 6.04 Å². The van der Waals surface area contributed by atoms with E-state index in [1.54, 1.807) is 0 Å². The second-order valence-electron chi connectivity index (χ2n) is 5.72. The minimum Gasteiger partial charge on any atom is -0.354 e. The van der Waals surface area contributed by atoms with Crippen molar-refractivity contribution < 1.29 is 18.4 Å². The van der Waals surface area contributed by atoms with Gasteiger partial charge < -0.3 is 16.0 Å². The van der Waals surface area contributed by atoms with E-state index in [4.69, 9.17) is 0 Å². The molecule has 1 heterocycles. The summed E-state index contributed by atoms with van der Waals surface area (Å²) in [5.41, 5.74) is -0.606. The summed E-state index contributed by atoms with van der Waals surface area (Å²) in [5, 5.41) is 8.41. The first kappa shape index (κ1) is 17.3. The van der Waals surface area contributed by atoms with Crippen LogP contribution in [0.1, 0.15) is 30.1 Å². The second-order valence-corrected chi connectivity index (χ2v) is 5.72. The Bertz CT molecular complexity index is 560. The summed E-state index contributed by atoms with van der Waals surface area (Å²) in [6.45, 7) is 3.17. The van der Waals surface area contributed by atoms with Crippen LogP contribution < -0.4 is 16.0 Å². The van der Waals surface area contributed by atoms with Crippen LogP contribution in [0, 0.1) is 17.6 Å². The number of hydrogen-bond donors (Lipinski definition) is 3. The number of benzene rings is 1. The molecule has 0 spiro atoms. The van der Waals surface area contributed by atoms with Gasteiger partial charge in [-0.05, 0) is 38.4 Å². The van der Waals surface area contributed by atoms with Gasteiger partial charge in [-0.2, -0.15) is 0 Å². The molecule has 5 nitrogen and oxygen atoms in total. The van der Waals surface area contributed by atoms with Gasteiger partial charge >= 0.3 is 0 Å². The quantitative estimate of drug-likeness (QED) is 0.713. The largest absolute Gasteiger partial charge is 0.354 e. The smallest absolute Gasteiger partial charge is 0.257 e. The van der Waals surface area contributed by atoms with Crippen LogP contribution in [0.4, 0.5) is 8.78 Å². The van der Waals surface area contributed by atoms with Crippen molar-refractivity contribution in [3.63, 3.8) is 0 Å². The molecule has 0 saturated carbocycles. The van der Waals surface area contributed by atoms with Gasteiger partial charge in [-0.1, -0.05) is 6.07 Å². The molecule has 0 aliphatic carbocycles. The van der Waals surface area contributed by atoms with Gasteiger partial charge in [0.25, 0.3) is 5.91 Å². The van der Waals surface area contributed by atoms with E-state index in [9.17, 15) is 18.4 Å². The normalized spacial score (nSPS) is 20.8. The van der Waals surface area contributed by atoms with E-state index in [0.717, 1.165) is 31.5 Å². The third-order valence-corrected chi connectivity index (χ3v) is 3.89. The number of rotatable bonds is 5. The van der Waals surface area contributed by atoms with Gasteiger partial charge in [-0.3, -0.25) is 9.59 Å². The van der Waals surface area contributed by atoms with E-state index >= 15 is 0 Å². The Labute approximate surface area is 133 Å². The first-order valence-electron chi connectivity index (χ1n) is 7.72. The molecule has 1 aromatic carbocycles. The van der Waals surface area contributed by atoms with Crippen molar-refractivity contribution in [2.75, 3.05) is 19.6 Å². The third kappa shape index (κ3) is 4.72. The van der Waals surface area contributed by atoms with Crippen LogP contribution in [0.5, 0.6) is 0 Å². The Morgan fingerprint density at radius 1 is 1.22 bits per heavy atom. The number of hydrogen-bond acceptors (Lipinski definition) is 3. The predicted octanol–water partition coefficient (Wildman–Crippen LogP) is 1.20. The van der Waals surface area contributed by atoms with Gasteiger partial charge in [0, 0.05) is 25.0 Å². The molecule has 3 N–H and O–H groups in total. The topological polar surface area (TPSA) is 70.2 Å². The fraction of sp³-hybridized carbons (Fsp3) is 0.500. The molecule has 1 fully saturated rings. The molecular formula is C16H21F2N3O2. The van der Waals surface area contributed by atoms with E-state index in [1.807, 2.05) is 6.92 Å². The molecule has 23 heavy (non-hydrogen) atoms. The molecule has 1 aliphatic heterocycles. The number of nitrogens with one attached hydrogen (secondary N) is 3. The molecule has 2 rings (SSSR count). The standard InChI is InChI=1S/C16H21F2N3O2/c1-10-9-11(5-6-19-10)15(22)20-7-8-21-16(23)14-12(17)3-2-4-13(14)18/h2-4,10-11,19H,5-9H2,1H3,(H,20,22)(H,21,23)/t10-,11-/m0/s1. The molecule has 0 radical (unpaired) electrons. The molecule has 2 atom stereocenters. The van der Waals surface area contributed by atoms with Crippen LogP contribution in [0.25, 0.3) is 0 Å². The lowest BCUT2D eigenvalue weighted by atomic mass is 9.92. The SMILES string of the molecule is C[C@H]1C[C@@H](C(=O)NCCNC(=O)c2c(F)cccc2F)CCN1. The second kappa shape index (κ2) is 8.01. The summed E-state index contributed by atoms with van der Waals surface area (Å²) in [5.74, 6) is -2.73. The average molecular weight is 325 g/mol. The lowest BCUT2D eigenvalue weighted by molar-refractivity contribution is -0.126. The molecule has 7 heteroatoms. The highest BCUT2D eigenvalue weighted by atomic mass is 19.1. The van der Waals surface area contributed by atoms with Crippen LogP contribution in [0.2, 0.25) is 0 Å². The Kier molecular flexibility index (Phi) is 6.04. The van der Waals surface area contributed by atoms with Crippen molar-refractivity contribution in [3.8, 4) is 0 Å². The number of piperidine rings is 1. The van der Waals surface area contributed by atoms with E-state index in [-0.39, 0.29) is 24.9 Å². The van der Waals surface area contributed by atoms with Gasteiger partial charge in [-0.15, -0.1) is 0 Å². The maximum atomic E-state index is 13.4. The predicted molar refractivity (Wildman–Crippen MR) is 81.9 cm³/mol. The molecule has 2 amide bonds. The van der Waals surface area contributed by atoms with Gasteiger partial charge in [-0.25, -0.2) is 8.78 Å². The molecule has 0 bridgehead atoms. The molecule has 0 unspecified atom stereocenters. The number of carbonyl (C=O) groups excluding carboxylic acids is 2. The minimum atomic E-state index is -0.907. The highest BCUT2D eigenvalue weighted by molar-refractivity contribution is 5.94. The van der Waals surface area contributed by atoms with Gasteiger partial charge in [0.1, 0.15) is 17.2 Å². The minimum absolute atomic E-state index is 0.0361. The van der Waals surface area contributed by atoms with E-state index in [1.165, 1.54) is 6.07 Å². The molecule has 1 saturated heterocycles. The van der Waals surface area contributed by atoms with Crippen LogP contribution in [-0.4, -0.2) is 37.5 Å². The summed E-state index contributed by atoms with van der Waals surface area (Å²) in [7, 11) is 0. The zero-order chi connectivity index (χ0) is 16.8. The fourth-order valence-corrected chi connectivity index (χ4v) is 2.68. The van der Waals surface area contributed by atoms with Gasteiger partial charge in [0.2, 0.25) is 5.91 Å². The zero-order valence-corrected chi connectivity index (χ0v) is 13.0. The van der Waals surface area contributed by atoms with E-state index < -0.39 is 23.1 Å². The Balaban J connectivity index is 1.75. The fourth-order valence-electron chi connectivity index (χ4n) is 2.68. The molecule has 0 aromatic heterocycles. The van der Waals surface area contributed by atoms with E-state index in [2.05, 4.69) is 16.0 Å². The van der Waals surface area contributed by atoms with Gasteiger partial charge in [0.15, 0.2) is 0 Å². The van der Waals surface area contributed by atoms with Crippen molar-refractivity contribution in [2.24, 2.45) is 5.92 Å². The summed E-state index contributed by atoms with van der Waals surface area (Å²) < 4.78 is 26.9. The van der Waals surface area contributed by atoms with Crippen molar-refractivity contribution in [3.05, 3.63) is 35.4 Å². The highest BCUT2D eigenvalue weighted by Crippen LogP contribution is 2.15. The maximum absolute atomic E-state index is 13.4. The summed E-state index contributed by atoms with van der Waals surface area (Å²) in [6.07, 6.45) is 1.56. The Morgan fingerprint density at radius 2 is 1.87 bits per heavy atom. The van der Waals surface area contributed by atoms with Crippen LogP contribution in [0.15, 0.2) is 18.2 Å². The summed E-state index contributed by atoms with van der Waals surface area (Å²) in [6, 6.07) is 3.56. The lowest BCUT2D eigenvalue weighted by Crippen LogP contribution is -2.44. The number of amides is 2. The summed E-state index contributed by atoms with van der Waals surface area (Å²) in [4.78, 5) is 23.8. The average Bonchev–Trinajstić information content (AvgIpc) is 2.51. The zero-order valence-electron chi connectivity index (χ0n) is 13.0. The maximum Gasteiger partial charge on any atom is 0.257 e. The van der Waals surface area contributed by atoms with Crippen molar-refractivity contribution >= 4 is 11.8 Å². The molecule has 126 valence electrons.